The van der Waals surface area contributed by atoms with Gasteiger partial charge in [0.05, 0.1) is 22.9 Å². The van der Waals surface area contributed by atoms with Gasteiger partial charge in [-0.25, -0.2) is 21.6 Å². The number of hydrogen-bond acceptors (Lipinski definition) is 5. The van der Waals surface area contributed by atoms with E-state index < -0.39 is 51.5 Å². The molecule has 2 aromatic rings. The van der Waals surface area contributed by atoms with Gasteiger partial charge in [0.2, 0.25) is 15.9 Å². The molecule has 172 valence electrons. The summed E-state index contributed by atoms with van der Waals surface area (Å²) < 4.78 is 72.7. The standard InChI is InChI=1S/C19H17ClF3N3O5S/c1-2-5-26(8-16(27)24-12-4-3-11(21)18(22)19(12)23)32(29,30)15-7-14-13(6-10(15)20)25-17(28)9-31-14/h3-4,6-7H,2,5,8-9H2,1H3,(H,24,27)(H,25,28). The fourth-order valence-electron chi connectivity index (χ4n) is 2.92. The van der Waals surface area contributed by atoms with Gasteiger partial charge >= 0.3 is 0 Å². The first-order chi connectivity index (χ1) is 15.0. The quantitative estimate of drug-likeness (QED) is 0.579. The fourth-order valence-corrected chi connectivity index (χ4v) is 4.93. The molecule has 0 saturated heterocycles. The summed E-state index contributed by atoms with van der Waals surface area (Å²) in [7, 11) is -4.33. The van der Waals surface area contributed by atoms with Crippen molar-refractivity contribution in [2.75, 3.05) is 30.3 Å². The molecule has 13 heteroatoms. The van der Waals surface area contributed by atoms with E-state index in [1.54, 1.807) is 6.92 Å². The van der Waals surface area contributed by atoms with Crippen LogP contribution in [-0.4, -0.2) is 44.2 Å². The Labute approximate surface area is 186 Å². The number of hydrogen-bond donors (Lipinski definition) is 2. The predicted molar refractivity (Wildman–Crippen MR) is 110 cm³/mol. The molecule has 32 heavy (non-hydrogen) atoms. The maximum Gasteiger partial charge on any atom is 0.262 e. The summed E-state index contributed by atoms with van der Waals surface area (Å²) in [5.41, 5.74) is -0.447. The van der Waals surface area contributed by atoms with Crippen LogP contribution in [-0.2, 0) is 19.6 Å². The second kappa shape index (κ2) is 9.35. The largest absolute Gasteiger partial charge is 0.482 e. The molecular weight excluding hydrogens is 475 g/mol. The minimum atomic E-state index is -4.33. The highest BCUT2D eigenvalue weighted by Crippen LogP contribution is 2.36. The van der Waals surface area contributed by atoms with E-state index >= 15 is 0 Å². The van der Waals surface area contributed by atoms with Crippen LogP contribution in [0.25, 0.3) is 0 Å². The smallest absolute Gasteiger partial charge is 0.262 e. The summed E-state index contributed by atoms with van der Waals surface area (Å²) >= 11 is 6.12. The van der Waals surface area contributed by atoms with Gasteiger partial charge in [-0.3, -0.25) is 9.59 Å². The lowest BCUT2D eigenvalue weighted by atomic mass is 10.2. The summed E-state index contributed by atoms with van der Waals surface area (Å²) in [6.45, 7) is 0.512. The van der Waals surface area contributed by atoms with Crippen LogP contribution in [0, 0.1) is 17.5 Å². The molecule has 0 unspecified atom stereocenters. The highest BCUT2D eigenvalue weighted by Gasteiger charge is 2.31. The first kappa shape index (κ1) is 23.8. The zero-order valence-corrected chi connectivity index (χ0v) is 18.1. The van der Waals surface area contributed by atoms with E-state index in [1.807, 2.05) is 5.32 Å². The fraction of sp³-hybridized carbons (Fsp3) is 0.263. The third-order valence-corrected chi connectivity index (χ3v) is 6.70. The number of nitrogens with one attached hydrogen (secondary N) is 2. The first-order valence-electron chi connectivity index (χ1n) is 9.24. The summed E-state index contributed by atoms with van der Waals surface area (Å²) in [6, 6.07) is 3.78. The Balaban J connectivity index is 1.87. The molecule has 2 amide bonds. The van der Waals surface area contributed by atoms with Gasteiger partial charge in [0.1, 0.15) is 10.6 Å². The highest BCUT2D eigenvalue weighted by atomic mass is 35.5. The second-order valence-electron chi connectivity index (χ2n) is 6.73. The van der Waals surface area contributed by atoms with Crippen molar-refractivity contribution in [2.45, 2.75) is 18.2 Å². The van der Waals surface area contributed by atoms with Crippen molar-refractivity contribution >= 4 is 44.8 Å². The third-order valence-electron chi connectivity index (χ3n) is 4.39. The third kappa shape index (κ3) is 4.81. The summed E-state index contributed by atoms with van der Waals surface area (Å²) in [5, 5.41) is 4.30. The second-order valence-corrected chi connectivity index (χ2v) is 9.04. The number of rotatable bonds is 7. The molecule has 0 atom stereocenters. The van der Waals surface area contributed by atoms with Crippen LogP contribution < -0.4 is 15.4 Å². The number of benzene rings is 2. The lowest BCUT2D eigenvalue weighted by Gasteiger charge is -2.24. The van der Waals surface area contributed by atoms with E-state index in [2.05, 4.69) is 5.32 Å². The molecule has 1 heterocycles. The van der Waals surface area contributed by atoms with Gasteiger partial charge in [-0.15, -0.1) is 0 Å². The van der Waals surface area contributed by atoms with Gasteiger partial charge < -0.3 is 15.4 Å². The van der Waals surface area contributed by atoms with Crippen LogP contribution in [0.5, 0.6) is 5.75 Å². The van der Waals surface area contributed by atoms with Crippen molar-refractivity contribution in [3.05, 3.63) is 46.7 Å². The van der Waals surface area contributed by atoms with Crippen LogP contribution >= 0.6 is 11.6 Å². The monoisotopic (exact) mass is 491 g/mol. The van der Waals surface area contributed by atoms with Crippen LogP contribution in [0.2, 0.25) is 5.02 Å². The van der Waals surface area contributed by atoms with Crippen LogP contribution in [0.15, 0.2) is 29.2 Å². The maximum atomic E-state index is 13.8. The number of carbonyl (C=O) groups excluding carboxylic acids is 2. The number of sulfonamides is 1. The van der Waals surface area contributed by atoms with E-state index in [-0.39, 0.29) is 34.5 Å². The van der Waals surface area contributed by atoms with Gasteiger partial charge in [-0.1, -0.05) is 18.5 Å². The van der Waals surface area contributed by atoms with Gasteiger partial charge in [0.25, 0.3) is 5.91 Å². The Morgan fingerprint density at radius 2 is 1.97 bits per heavy atom. The van der Waals surface area contributed by atoms with Crippen LogP contribution in [0.1, 0.15) is 13.3 Å². The molecule has 0 bridgehead atoms. The first-order valence-corrected chi connectivity index (χ1v) is 11.1. The Morgan fingerprint density at radius 1 is 1.25 bits per heavy atom. The molecule has 3 rings (SSSR count). The summed E-state index contributed by atoms with van der Waals surface area (Å²) in [6.07, 6.45) is 0.321. The molecule has 1 aliphatic rings. The summed E-state index contributed by atoms with van der Waals surface area (Å²) in [4.78, 5) is 23.4. The maximum absolute atomic E-state index is 13.8. The average molecular weight is 492 g/mol. The number of nitrogens with zero attached hydrogens (tertiary/aromatic N) is 1. The molecule has 0 radical (unpaired) electrons. The Morgan fingerprint density at radius 3 is 2.66 bits per heavy atom. The van der Waals surface area contributed by atoms with Gasteiger partial charge in [-0.2, -0.15) is 4.31 Å². The van der Waals surface area contributed by atoms with Crippen molar-refractivity contribution < 1.29 is 35.9 Å². The Kier molecular flexibility index (Phi) is 6.96. The highest BCUT2D eigenvalue weighted by molar-refractivity contribution is 7.89. The number of amides is 2. The minimum Gasteiger partial charge on any atom is -0.482 e. The molecule has 0 aliphatic carbocycles. The van der Waals surface area contributed by atoms with E-state index in [0.29, 0.717) is 12.5 Å². The number of halogens is 4. The topological polar surface area (TPSA) is 105 Å². The molecule has 1 aliphatic heterocycles. The molecule has 8 nitrogen and oxygen atoms in total. The minimum absolute atomic E-state index is 0.0809. The normalized spacial score (nSPS) is 13.4. The lowest BCUT2D eigenvalue weighted by Crippen LogP contribution is -2.39. The van der Waals surface area contributed by atoms with Crippen molar-refractivity contribution in [3.63, 3.8) is 0 Å². The molecule has 2 N–H and O–H groups in total. The molecule has 0 fully saturated rings. The Bertz CT molecular complexity index is 1190. The van der Waals surface area contributed by atoms with Gasteiger partial charge in [-0.05, 0) is 24.6 Å². The number of ether oxygens (including phenoxy) is 1. The average Bonchev–Trinajstić information content (AvgIpc) is 2.73. The molecule has 0 spiro atoms. The van der Waals surface area contributed by atoms with Crippen LogP contribution in [0.4, 0.5) is 24.5 Å². The van der Waals surface area contributed by atoms with Crippen molar-refractivity contribution in [1.82, 2.24) is 4.31 Å². The predicted octanol–water partition coefficient (Wildman–Crippen LogP) is 3.13. The van der Waals surface area contributed by atoms with Crippen molar-refractivity contribution in [3.8, 4) is 5.75 Å². The van der Waals surface area contributed by atoms with Crippen molar-refractivity contribution in [2.24, 2.45) is 0 Å². The van der Waals surface area contributed by atoms with Crippen molar-refractivity contribution in [1.29, 1.82) is 0 Å². The number of anilines is 2. The van der Waals surface area contributed by atoms with Gasteiger partial charge in [0.15, 0.2) is 24.1 Å². The zero-order valence-electron chi connectivity index (χ0n) is 16.5. The Hall–Kier alpha value is -2.83. The SMILES string of the molecule is CCCN(CC(=O)Nc1ccc(F)c(F)c1F)S(=O)(=O)c1cc2c(cc1Cl)NC(=O)CO2. The lowest BCUT2D eigenvalue weighted by molar-refractivity contribution is -0.118. The number of fused-ring (bicyclic) bond motifs is 1. The molecule has 2 aromatic carbocycles. The molecule has 0 aromatic heterocycles. The number of carbonyl (C=O) groups is 2. The van der Waals surface area contributed by atoms with Gasteiger partial charge in [0, 0.05) is 12.6 Å². The molecular formula is C19H17ClF3N3O5S. The molecule has 0 saturated carbocycles. The summed E-state index contributed by atoms with van der Waals surface area (Å²) in [5.74, 6) is -6.15. The van der Waals surface area contributed by atoms with E-state index in [0.717, 1.165) is 16.4 Å². The van der Waals surface area contributed by atoms with E-state index in [4.69, 9.17) is 16.3 Å². The van der Waals surface area contributed by atoms with E-state index in [9.17, 15) is 31.2 Å². The zero-order chi connectivity index (χ0) is 23.6. The van der Waals surface area contributed by atoms with E-state index in [1.165, 1.54) is 6.07 Å². The van der Waals surface area contributed by atoms with Crippen LogP contribution in [0.3, 0.4) is 0 Å².